The van der Waals surface area contributed by atoms with Gasteiger partial charge in [-0.25, -0.2) is 13.2 Å². The molecule has 0 bridgehead atoms. The van der Waals surface area contributed by atoms with E-state index in [4.69, 9.17) is 0 Å². The molecule has 0 amide bonds. The highest BCUT2D eigenvalue weighted by molar-refractivity contribution is 9.10. The number of benzene rings is 2. The first-order chi connectivity index (χ1) is 9.47. The molecule has 0 atom stereocenters. The fourth-order valence-electron chi connectivity index (χ4n) is 1.84. The van der Waals surface area contributed by atoms with Gasteiger partial charge in [0.1, 0.15) is 11.6 Å². The predicted octanol–water partition coefficient (Wildman–Crippen LogP) is 4.22. The Morgan fingerprint density at radius 3 is 2.40 bits per heavy atom. The topological polar surface area (TPSA) is 17.1 Å². The normalized spacial score (nSPS) is 10.6. The summed E-state index contributed by atoms with van der Waals surface area (Å²) < 4.78 is 39.4. The van der Waals surface area contributed by atoms with Gasteiger partial charge in [0.25, 0.3) is 0 Å². The summed E-state index contributed by atoms with van der Waals surface area (Å²) in [7, 11) is 0. The molecule has 2 rings (SSSR count). The maximum Gasteiger partial charge on any atom is 0.159 e. The first-order valence-electron chi connectivity index (χ1n) is 5.86. The Morgan fingerprint density at radius 1 is 0.950 bits per heavy atom. The van der Waals surface area contributed by atoms with Crippen LogP contribution in [0.2, 0.25) is 0 Å². The third-order valence-electron chi connectivity index (χ3n) is 2.80. The Bertz CT molecular complexity index is 656. The van der Waals surface area contributed by atoms with Crippen molar-refractivity contribution in [1.29, 1.82) is 0 Å². The van der Waals surface area contributed by atoms with Crippen LogP contribution in [0.1, 0.15) is 11.1 Å². The van der Waals surface area contributed by atoms with Crippen molar-refractivity contribution in [3.8, 4) is 0 Å². The Hall–Kier alpha value is -1.62. The third kappa shape index (κ3) is 3.48. The second-order valence-electron chi connectivity index (χ2n) is 4.35. The molecule has 0 aromatic heterocycles. The zero-order valence-electron chi connectivity index (χ0n) is 10.3. The number of halogens is 4. The summed E-state index contributed by atoms with van der Waals surface area (Å²) in [6.45, 7) is 0. The lowest BCUT2D eigenvalue weighted by atomic mass is 10.0. The first-order valence-corrected chi connectivity index (χ1v) is 6.65. The number of hydrogen-bond donors (Lipinski definition) is 0. The highest BCUT2D eigenvalue weighted by Crippen LogP contribution is 2.21. The van der Waals surface area contributed by atoms with Crippen LogP contribution in [0.4, 0.5) is 13.2 Å². The zero-order valence-corrected chi connectivity index (χ0v) is 11.9. The molecule has 0 radical (unpaired) electrons. The van der Waals surface area contributed by atoms with Crippen molar-refractivity contribution < 1.29 is 18.0 Å². The minimum Gasteiger partial charge on any atom is -0.299 e. The molecule has 0 saturated carbocycles. The van der Waals surface area contributed by atoms with Crippen molar-refractivity contribution in [2.75, 3.05) is 0 Å². The number of rotatable bonds is 4. The minimum absolute atomic E-state index is 0.0251. The average molecular weight is 343 g/mol. The van der Waals surface area contributed by atoms with E-state index in [0.29, 0.717) is 11.1 Å². The summed E-state index contributed by atoms with van der Waals surface area (Å²) in [6, 6.07) is 7.77. The molecule has 2 aromatic rings. The van der Waals surface area contributed by atoms with Gasteiger partial charge < -0.3 is 0 Å². The second-order valence-corrected chi connectivity index (χ2v) is 5.15. The van der Waals surface area contributed by atoms with Crippen molar-refractivity contribution in [3.05, 3.63) is 69.4 Å². The quantitative estimate of drug-likeness (QED) is 0.812. The van der Waals surface area contributed by atoms with E-state index in [1.165, 1.54) is 18.2 Å². The van der Waals surface area contributed by atoms with Crippen LogP contribution < -0.4 is 0 Å². The van der Waals surface area contributed by atoms with Gasteiger partial charge >= 0.3 is 0 Å². The lowest BCUT2D eigenvalue weighted by Crippen LogP contribution is -2.08. The van der Waals surface area contributed by atoms with Crippen molar-refractivity contribution in [1.82, 2.24) is 0 Å². The van der Waals surface area contributed by atoms with Gasteiger partial charge in [-0.05, 0) is 45.3 Å². The molecule has 20 heavy (non-hydrogen) atoms. The van der Waals surface area contributed by atoms with Crippen LogP contribution in [-0.2, 0) is 17.6 Å². The highest BCUT2D eigenvalue weighted by Gasteiger charge is 2.11. The Labute approximate surface area is 122 Å². The van der Waals surface area contributed by atoms with Gasteiger partial charge in [-0.3, -0.25) is 4.79 Å². The molecular weight excluding hydrogens is 333 g/mol. The molecule has 5 heteroatoms. The SMILES string of the molecule is O=C(Cc1ccc(F)c(F)c1)Cc1cccc(F)c1Br. The molecule has 0 unspecified atom stereocenters. The highest BCUT2D eigenvalue weighted by atomic mass is 79.9. The van der Waals surface area contributed by atoms with Gasteiger partial charge in [0.05, 0.1) is 4.47 Å². The van der Waals surface area contributed by atoms with E-state index in [0.717, 1.165) is 12.1 Å². The van der Waals surface area contributed by atoms with Crippen LogP contribution in [0.15, 0.2) is 40.9 Å². The zero-order chi connectivity index (χ0) is 14.7. The van der Waals surface area contributed by atoms with Crippen LogP contribution in [0, 0.1) is 17.5 Å². The van der Waals surface area contributed by atoms with Gasteiger partial charge in [0, 0.05) is 12.8 Å². The smallest absolute Gasteiger partial charge is 0.159 e. The van der Waals surface area contributed by atoms with Gasteiger partial charge in [0.2, 0.25) is 0 Å². The number of Topliss-reactive ketones (excluding diaryl/α,β-unsaturated/α-hetero) is 1. The summed E-state index contributed by atoms with van der Waals surface area (Å²) >= 11 is 3.08. The minimum atomic E-state index is -0.984. The molecule has 2 aromatic carbocycles. The summed E-state index contributed by atoms with van der Waals surface area (Å²) in [6.07, 6.45) is -0.00249. The molecule has 0 heterocycles. The molecule has 104 valence electrons. The maximum absolute atomic E-state index is 13.3. The molecule has 0 saturated heterocycles. The lowest BCUT2D eigenvalue weighted by Gasteiger charge is -2.05. The van der Waals surface area contributed by atoms with Crippen molar-refractivity contribution >= 4 is 21.7 Å². The summed E-state index contributed by atoms with van der Waals surface area (Å²) in [4.78, 5) is 11.9. The van der Waals surface area contributed by atoms with Crippen molar-refractivity contribution in [2.24, 2.45) is 0 Å². The van der Waals surface area contributed by atoms with Crippen molar-refractivity contribution in [2.45, 2.75) is 12.8 Å². The molecule has 1 nitrogen and oxygen atoms in total. The monoisotopic (exact) mass is 342 g/mol. The summed E-state index contributed by atoms with van der Waals surface area (Å²) in [5, 5.41) is 0. The predicted molar refractivity (Wildman–Crippen MR) is 72.9 cm³/mol. The second kappa shape index (κ2) is 6.22. The third-order valence-corrected chi connectivity index (χ3v) is 3.69. The lowest BCUT2D eigenvalue weighted by molar-refractivity contribution is -0.117. The van der Waals surface area contributed by atoms with E-state index >= 15 is 0 Å². The Kier molecular flexibility index (Phi) is 4.60. The van der Waals surface area contributed by atoms with Gasteiger partial charge in [-0.2, -0.15) is 0 Å². The van der Waals surface area contributed by atoms with E-state index in [9.17, 15) is 18.0 Å². The molecule has 0 aliphatic rings. The van der Waals surface area contributed by atoms with Gasteiger partial charge in [0.15, 0.2) is 11.6 Å². The largest absolute Gasteiger partial charge is 0.299 e. The molecular formula is C15H10BrF3O. The van der Waals surface area contributed by atoms with Gasteiger partial charge in [-0.1, -0.05) is 18.2 Å². The summed E-state index contributed by atoms with van der Waals surface area (Å²) in [5.74, 6) is -2.58. The van der Waals surface area contributed by atoms with E-state index in [2.05, 4.69) is 15.9 Å². The fourth-order valence-corrected chi connectivity index (χ4v) is 2.24. The molecule has 0 N–H and O–H groups in total. The first kappa shape index (κ1) is 14.8. The van der Waals surface area contributed by atoms with E-state index < -0.39 is 17.5 Å². The van der Waals surface area contributed by atoms with E-state index in [1.807, 2.05) is 0 Å². The Balaban J connectivity index is 2.09. The van der Waals surface area contributed by atoms with Crippen LogP contribution in [0.25, 0.3) is 0 Å². The number of carbonyl (C=O) groups is 1. The number of hydrogen-bond acceptors (Lipinski definition) is 1. The van der Waals surface area contributed by atoms with Crippen LogP contribution >= 0.6 is 15.9 Å². The van der Waals surface area contributed by atoms with Crippen LogP contribution in [-0.4, -0.2) is 5.78 Å². The average Bonchev–Trinajstić information content (AvgIpc) is 2.39. The number of carbonyl (C=O) groups excluding carboxylic acids is 1. The molecule has 0 aliphatic carbocycles. The van der Waals surface area contributed by atoms with E-state index in [-0.39, 0.29) is 23.1 Å². The molecule has 0 fully saturated rings. The van der Waals surface area contributed by atoms with Crippen molar-refractivity contribution in [3.63, 3.8) is 0 Å². The standard InChI is InChI=1S/C15H10BrF3O/c16-15-10(2-1-3-13(15)18)8-11(20)6-9-4-5-12(17)14(19)7-9/h1-5,7H,6,8H2. The van der Waals surface area contributed by atoms with Crippen LogP contribution in [0.5, 0.6) is 0 Å². The molecule has 0 aliphatic heterocycles. The maximum atomic E-state index is 13.3. The van der Waals surface area contributed by atoms with Crippen LogP contribution in [0.3, 0.4) is 0 Å². The number of ketones is 1. The van der Waals surface area contributed by atoms with E-state index in [1.54, 1.807) is 6.07 Å². The fraction of sp³-hybridized carbons (Fsp3) is 0.133. The summed E-state index contributed by atoms with van der Waals surface area (Å²) in [5.41, 5.74) is 0.916. The molecule has 0 spiro atoms. The Morgan fingerprint density at radius 2 is 1.70 bits per heavy atom. The van der Waals surface area contributed by atoms with Gasteiger partial charge in [-0.15, -0.1) is 0 Å².